The predicted molar refractivity (Wildman–Crippen MR) is 137 cm³/mol. The van der Waals surface area contributed by atoms with Crippen molar-refractivity contribution in [3.05, 3.63) is 106 Å². The molecule has 32 heavy (non-hydrogen) atoms. The summed E-state index contributed by atoms with van der Waals surface area (Å²) in [5.41, 5.74) is 3.48. The second-order valence-electron chi connectivity index (χ2n) is 7.41. The number of rotatable bonds is 4. The summed E-state index contributed by atoms with van der Waals surface area (Å²) in [5.74, 6) is -0.217. The molecule has 0 radical (unpaired) electrons. The molecule has 5 rings (SSSR count). The third kappa shape index (κ3) is 4.07. The van der Waals surface area contributed by atoms with Gasteiger partial charge in [0.1, 0.15) is 0 Å². The molecule has 0 aliphatic rings. The molecule has 5 aromatic rings. The number of halogens is 1. The van der Waals surface area contributed by atoms with Gasteiger partial charge in [-0.3, -0.25) is 4.79 Å². The molecule has 1 heterocycles. The van der Waals surface area contributed by atoms with Gasteiger partial charge in [-0.1, -0.05) is 81.9 Å². The minimum atomic E-state index is -0.217. The molecule has 1 amide bonds. The van der Waals surface area contributed by atoms with Crippen molar-refractivity contribution >= 4 is 65.5 Å². The van der Waals surface area contributed by atoms with E-state index in [0.717, 1.165) is 36.6 Å². The molecule has 0 spiro atoms. The summed E-state index contributed by atoms with van der Waals surface area (Å²) in [6.45, 7) is 2.05. The number of carbonyl (C=O) groups is 1. The fourth-order valence-corrected chi connectivity index (χ4v) is 4.78. The highest BCUT2D eigenvalue weighted by molar-refractivity contribution is 9.10. The predicted octanol–water partition coefficient (Wildman–Crippen LogP) is 7.20. The van der Waals surface area contributed by atoms with Crippen molar-refractivity contribution in [3.63, 3.8) is 0 Å². The van der Waals surface area contributed by atoms with Crippen molar-refractivity contribution in [2.45, 2.75) is 6.92 Å². The molecule has 0 saturated heterocycles. The number of aryl methyl sites for hydroxylation is 1. The quantitative estimate of drug-likeness (QED) is 0.194. The maximum absolute atomic E-state index is 13.7. The van der Waals surface area contributed by atoms with E-state index in [4.69, 9.17) is 4.98 Å². The van der Waals surface area contributed by atoms with Crippen molar-refractivity contribution in [2.75, 3.05) is 5.01 Å². The second-order valence-corrected chi connectivity index (χ2v) is 9.33. The minimum Gasteiger partial charge on any atom is -0.267 e. The number of nitrogens with zero attached hydrogens (tertiary/aromatic N) is 3. The van der Waals surface area contributed by atoms with Gasteiger partial charge in [-0.2, -0.15) is 10.1 Å². The van der Waals surface area contributed by atoms with E-state index in [-0.39, 0.29) is 5.91 Å². The highest BCUT2D eigenvalue weighted by Gasteiger charge is 2.22. The summed E-state index contributed by atoms with van der Waals surface area (Å²) in [6.07, 6.45) is 1.69. The van der Waals surface area contributed by atoms with Gasteiger partial charge in [0.2, 0.25) is 5.13 Å². The Labute approximate surface area is 198 Å². The van der Waals surface area contributed by atoms with Crippen molar-refractivity contribution in [2.24, 2.45) is 5.10 Å². The molecule has 0 saturated carbocycles. The fourth-order valence-electron chi connectivity index (χ4n) is 3.50. The third-order valence-electron chi connectivity index (χ3n) is 5.12. The van der Waals surface area contributed by atoms with Gasteiger partial charge in [0.05, 0.1) is 16.4 Å². The summed E-state index contributed by atoms with van der Waals surface area (Å²) in [7, 11) is 0. The summed E-state index contributed by atoms with van der Waals surface area (Å²) in [4.78, 5) is 18.5. The molecule has 0 aliphatic carbocycles. The van der Waals surface area contributed by atoms with Crippen LogP contribution in [0.15, 0.2) is 94.5 Å². The van der Waals surface area contributed by atoms with Crippen LogP contribution in [0.25, 0.3) is 21.0 Å². The van der Waals surface area contributed by atoms with Crippen LogP contribution in [0.2, 0.25) is 0 Å². The van der Waals surface area contributed by atoms with Gasteiger partial charge in [-0.15, -0.1) is 0 Å². The van der Waals surface area contributed by atoms with E-state index in [1.165, 1.54) is 16.3 Å². The smallest absolute Gasteiger partial charge is 0.267 e. The van der Waals surface area contributed by atoms with Crippen LogP contribution in [0.3, 0.4) is 0 Å². The number of amides is 1. The lowest BCUT2D eigenvalue weighted by atomic mass is 10.0. The van der Waals surface area contributed by atoms with Gasteiger partial charge in [0.15, 0.2) is 0 Å². The van der Waals surface area contributed by atoms with Crippen molar-refractivity contribution in [1.82, 2.24) is 4.98 Å². The zero-order valence-corrected chi connectivity index (χ0v) is 19.6. The average molecular weight is 500 g/mol. The lowest BCUT2D eigenvalue weighted by molar-refractivity contribution is 0.0989. The molecule has 4 aromatic carbocycles. The number of thiazole rings is 1. The van der Waals surface area contributed by atoms with Crippen molar-refractivity contribution in [1.29, 1.82) is 0 Å². The Bertz CT molecular complexity index is 1470. The number of fused-ring (bicyclic) bond motifs is 2. The molecule has 0 unspecified atom stereocenters. The van der Waals surface area contributed by atoms with Crippen LogP contribution >= 0.6 is 27.3 Å². The normalized spacial score (nSPS) is 11.4. The van der Waals surface area contributed by atoms with E-state index in [1.807, 2.05) is 85.8 Å². The lowest BCUT2D eigenvalue weighted by Crippen LogP contribution is -2.25. The molecule has 1 aromatic heterocycles. The van der Waals surface area contributed by atoms with Crippen LogP contribution < -0.4 is 5.01 Å². The maximum Gasteiger partial charge on any atom is 0.281 e. The third-order valence-corrected chi connectivity index (χ3v) is 6.64. The molecule has 156 valence electrons. The average Bonchev–Trinajstić information content (AvgIpc) is 3.22. The molecule has 0 atom stereocenters. The Balaban J connectivity index is 1.62. The van der Waals surface area contributed by atoms with Crippen LogP contribution in [0.5, 0.6) is 0 Å². The first-order valence-corrected chi connectivity index (χ1v) is 11.7. The molecule has 0 N–H and O–H groups in total. The van der Waals surface area contributed by atoms with E-state index in [9.17, 15) is 4.79 Å². The first-order valence-electron chi connectivity index (χ1n) is 10.1. The van der Waals surface area contributed by atoms with Gasteiger partial charge in [0, 0.05) is 10.0 Å². The number of hydrogen-bond donors (Lipinski definition) is 0. The van der Waals surface area contributed by atoms with Crippen LogP contribution in [0.1, 0.15) is 21.5 Å². The SMILES string of the molecule is Cc1ccc2nc(N(/N=C/c3ccc(Br)cc3)C(=O)c3cccc4ccccc34)sc2c1. The number of carbonyl (C=O) groups excluding carboxylic acids is 1. The first kappa shape index (κ1) is 20.5. The zero-order chi connectivity index (χ0) is 22.1. The lowest BCUT2D eigenvalue weighted by Gasteiger charge is -2.15. The van der Waals surface area contributed by atoms with E-state index in [2.05, 4.69) is 27.1 Å². The maximum atomic E-state index is 13.7. The highest BCUT2D eigenvalue weighted by Crippen LogP contribution is 2.31. The molecular formula is C26H18BrN3OS. The summed E-state index contributed by atoms with van der Waals surface area (Å²) >= 11 is 4.91. The van der Waals surface area contributed by atoms with Gasteiger partial charge in [-0.05, 0) is 59.2 Å². The van der Waals surface area contributed by atoms with Crippen molar-refractivity contribution < 1.29 is 4.79 Å². The Kier molecular flexibility index (Phi) is 5.55. The van der Waals surface area contributed by atoms with E-state index < -0.39 is 0 Å². The van der Waals surface area contributed by atoms with Gasteiger partial charge in [0.25, 0.3) is 5.91 Å². The van der Waals surface area contributed by atoms with Gasteiger partial charge in [-0.25, -0.2) is 4.98 Å². The Hall–Kier alpha value is -3.35. The van der Waals surface area contributed by atoms with Gasteiger partial charge >= 0.3 is 0 Å². The second kappa shape index (κ2) is 8.65. The number of anilines is 1. The number of aromatic nitrogens is 1. The molecule has 0 aliphatic heterocycles. The number of hydrogen-bond acceptors (Lipinski definition) is 4. The minimum absolute atomic E-state index is 0.217. The van der Waals surface area contributed by atoms with Crippen LogP contribution in [0, 0.1) is 6.92 Å². The van der Waals surface area contributed by atoms with Crippen LogP contribution in [0.4, 0.5) is 5.13 Å². The summed E-state index contributed by atoms with van der Waals surface area (Å²) in [6, 6.07) is 27.4. The molecule has 4 nitrogen and oxygen atoms in total. The van der Waals surface area contributed by atoms with Crippen molar-refractivity contribution in [3.8, 4) is 0 Å². The number of benzene rings is 4. The fraction of sp³-hybridized carbons (Fsp3) is 0.0385. The Morgan fingerprint density at radius 1 is 1.00 bits per heavy atom. The van der Waals surface area contributed by atoms with E-state index >= 15 is 0 Å². The molecule has 0 bridgehead atoms. The first-order chi connectivity index (χ1) is 15.6. The Morgan fingerprint density at radius 3 is 2.62 bits per heavy atom. The van der Waals surface area contributed by atoms with Gasteiger partial charge < -0.3 is 0 Å². The topological polar surface area (TPSA) is 45.6 Å². The van der Waals surface area contributed by atoms with Crippen LogP contribution in [-0.2, 0) is 0 Å². The molecular weight excluding hydrogens is 482 g/mol. The Morgan fingerprint density at radius 2 is 1.78 bits per heavy atom. The number of hydrazone groups is 1. The monoisotopic (exact) mass is 499 g/mol. The summed E-state index contributed by atoms with van der Waals surface area (Å²) in [5, 5.41) is 8.43. The molecule has 0 fully saturated rings. The molecule has 6 heteroatoms. The highest BCUT2D eigenvalue weighted by atomic mass is 79.9. The van der Waals surface area contributed by atoms with E-state index in [0.29, 0.717) is 10.7 Å². The largest absolute Gasteiger partial charge is 0.281 e. The summed E-state index contributed by atoms with van der Waals surface area (Å²) < 4.78 is 2.01. The standard InChI is InChI=1S/C26H18BrN3OS/c1-17-9-14-23-24(15-17)32-26(29-23)30(28-16-18-10-12-20(27)13-11-18)25(31)22-8-4-6-19-5-2-3-7-21(19)22/h2-16H,1H3/b28-16+. The van der Waals surface area contributed by atoms with E-state index in [1.54, 1.807) is 6.21 Å². The van der Waals surface area contributed by atoms with Crippen LogP contribution in [-0.4, -0.2) is 17.1 Å². The zero-order valence-electron chi connectivity index (χ0n) is 17.2.